The number of nitrogens with one attached hydrogen (secondary N) is 1. The molecule has 2 rings (SSSR count). The Morgan fingerprint density at radius 1 is 1.09 bits per heavy atom. The van der Waals surface area contributed by atoms with Crippen molar-refractivity contribution in [3.05, 3.63) is 57.2 Å². The van der Waals surface area contributed by atoms with Crippen molar-refractivity contribution in [2.45, 2.75) is 6.92 Å². The highest BCUT2D eigenvalue weighted by Crippen LogP contribution is 2.28. The molecule has 0 radical (unpaired) electrons. The molecule has 5 heteroatoms. The van der Waals surface area contributed by atoms with Crippen LogP contribution in [0.2, 0.25) is 0 Å². The Bertz CT molecular complexity index is 741. The van der Waals surface area contributed by atoms with Gasteiger partial charge in [0.05, 0.1) is 14.2 Å². The average Bonchev–Trinajstić information content (AvgIpc) is 2.56. The highest BCUT2D eigenvalue weighted by Gasteiger charge is 2.04. The first-order valence-corrected chi connectivity index (χ1v) is 8.08. The summed E-state index contributed by atoms with van der Waals surface area (Å²) < 4.78 is 11.5. The Hall–Kier alpha value is -2.02. The SMILES string of the molecule is COc1ccc(/C=C/C(=O)Nc2ccc(C)c(I)c2)cc1OC. The van der Waals surface area contributed by atoms with Gasteiger partial charge in [0, 0.05) is 15.3 Å². The van der Waals surface area contributed by atoms with E-state index in [0.29, 0.717) is 11.5 Å². The maximum absolute atomic E-state index is 12.0. The van der Waals surface area contributed by atoms with Gasteiger partial charge in [-0.1, -0.05) is 12.1 Å². The van der Waals surface area contributed by atoms with Crippen molar-refractivity contribution in [2.24, 2.45) is 0 Å². The molecule has 0 heterocycles. The molecule has 2 aromatic carbocycles. The van der Waals surface area contributed by atoms with Crippen LogP contribution in [0.25, 0.3) is 6.08 Å². The molecule has 4 nitrogen and oxygen atoms in total. The first-order chi connectivity index (χ1) is 11.0. The van der Waals surface area contributed by atoms with Gasteiger partial charge in [-0.15, -0.1) is 0 Å². The van der Waals surface area contributed by atoms with Crippen LogP contribution < -0.4 is 14.8 Å². The molecular formula is C18H18INO3. The number of hydrogen-bond donors (Lipinski definition) is 1. The number of halogens is 1. The van der Waals surface area contributed by atoms with Gasteiger partial charge in [0.2, 0.25) is 5.91 Å². The normalized spacial score (nSPS) is 10.6. The molecule has 2 aromatic rings. The molecule has 0 aliphatic rings. The van der Waals surface area contributed by atoms with Gasteiger partial charge in [0.15, 0.2) is 11.5 Å². The minimum Gasteiger partial charge on any atom is -0.493 e. The number of amides is 1. The quantitative estimate of drug-likeness (QED) is 0.578. The summed E-state index contributed by atoms with van der Waals surface area (Å²) >= 11 is 2.25. The smallest absolute Gasteiger partial charge is 0.248 e. The van der Waals surface area contributed by atoms with Crippen LogP contribution in [0.15, 0.2) is 42.5 Å². The lowest BCUT2D eigenvalue weighted by Gasteiger charge is -2.07. The Morgan fingerprint density at radius 2 is 1.83 bits per heavy atom. The summed E-state index contributed by atoms with van der Waals surface area (Å²) in [6.45, 7) is 2.03. The summed E-state index contributed by atoms with van der Waals surface area (Å²) in [5.41, 5.74) is 2.82. The predicted octanol–water partition coefficient (Wildman–Crippen LogP) is 4.27. The van der Waals surface area contributed by atoms with Gasteiger partial charge >= 0.3 is 0 Å². The van der Waals surface area contributed by atoms with Gasteiger partial charge in [-0.25, -0.2) is 0 Å². The van der Waals surface area contributed by atoms with E-state index in [2.05, 4.69) is 27.9 Å². The van der Waals surface area contributed by atoms with Crippen LogP contribution >= 0.6 is 22.6 Å². The van der Waals surface area contributed by atoms with Crippen molar-refractivity contribution in [3.8, 4) is 11.5 Å². The molecule has 0 unspecified atom stereocenters. The molecule has 0 bridgehead atoms. The molecule has 0 atom stereocenters. The zero-order chi connectivity index (χ0) is 16.8. The fraction of sp³-hybridized carbons (Fsp3) is 0.167. The molecule has 0 saturated heterocycles. The third-order valence-corrected chi connectivity index (χ3v) is 4.44. The molecule has 1 amide bonds. The molecule has 0 aliphatic carbocycles. The standard InChI is InChI=1S/C18H18INO3/c1-12-4-7-14(11-15(12)19)20-18(21)9-6-13-5-8-16(22-2)17(10-13)23-3/h4-11H,1-3H3,(H,20,21)/b9-6+. The summed E-state index contributed by atoms with van der Waals surface area (Å²) in [5.74, 6) is 1.10. The maximum Gasteiger partial charge on any atom is 0.248 e. The van der Waals surface area contributed by atoms with E-state index in [1.54, 1.807) is 26.4 Å². The Labute approximate surface area is 149 Å². The second-order valence-corrected chi connectivity index (χ2v) is 6.06. The van der Waals surface area contributed by atoms with Crippen LogP contribution in [-0.4, -0.2) is 20.1 Å². The summed E-state index contributed by atoms with van der Waals surface area (Å²) in [5, 5.41) is 2.84. The lowest BCUT2D eigenvalue weighted by atomic mass is 10.2. The van der Waals surface area contributed by atoms with Crippen molar-refractivity contribution in [1.82, 2.24) is 0 Å². The summed E-state index contributed by atoms with van der Waals surface area (Å²) in [6, 6.07) is 11.3. The zero-order valence-electron chi connectivity index (χ0n) is 13.2. The minimum atomic E-state index is -0.181. The zero-order valence-corrected chi connectivity index (χ0v) is 15.4. The van der Waals surface area contributed by atoms with E-state index in [9.17, 15) is 4.79 Å². The molecule has 0 aliphatic heterocycles. The number of benzene rings is 2. The van der Waals surface area contributed by atoms with Crippen molar-refractivity contribution in [1.29, 1.82) is 0 Å². The van der Waals surface area contributed by atoms with E-state index in [0.717, 1.165) is 14.8 Å². The molecule has 120 valence electrons. The second-order valence-electron chi connectivity index (χ2n) is 4.90. The van der Waals surface area contributed by atoms with Gasteiger partial charge in [0.25, 0.3) is 0 Å². The number of aryl methyl sites for hydroxylation is 1. The van der Waals surface area contributed by atoms with Crippen molar-refractivity contribution in [3.63, 3.8) is 0 Å². The van der Waals surface area contributed by atoms with Gasteiger partial charge in [-0.2, -0.15) is 0 Å². The molecule has 0 fully saturated rings. The van der Waals surface area contributed by atoms with Crippen LogP contribution in [0, 0.1) is 10.5 Å². The van der Waals surface area contributed by atoms with Gasteiger partial charge < -0.3 is 14.8 Å². The fourth-order valence-corrected chi connectivity index (χ4v) is 2.50. The number of carbonyl (C=O) groups excluding carboxylic acids is 1. The first kappa shape index (κ1) is 17.3. The topological polar surface area (TPSA) is 47.6 Å². The number of methoxy groups -OCH3 is 2. The molecular weight excluding hydrogens is 405 g/mol. The number of hydrogen-bond acceptors (Lipinski definition) is 3. The molecule has 0 spiro atoms. The van der Waals surface area contributed by atoms with E-state index in [1.165, 1.54) is 11.6 Å². The van der Waals surface area contributed by atoms with E-state index < -0.39 is 0 Å². The first-order valence-electron chi connectivity index (χ1n) is 7.00. The van der Waals surface area contributed by atoms with Crippen molar-refractivity contribution < 1.29 is 14.3 Å². The van der Waals surface area contributed by atoms with Gasteiger partial charge in [-0.05, 0) is 71.0 Å². The maximum atomic E-state index is 12.0. The molecule has 1 N–H and O–H groups in total. The highest BCUT2D eigenvalue weighted by atomic mass is 127. The van der Waals surface area contributed by atoms with Crippen LogP contribution in [-0.2, 0) is 4.79 Å². The van der Waals surface area contributed by atoms with Crippen LogP contribution in [0.1, 0.15) is 11.1 Å². The summed E-state index contributed by atoms with van der Waals surface area (Å²) in [4.78, 5) is 12.0. The Balaban J connectivity index is 2.07. The van der Waals surface area contributed by atoms with Gasteiger partial charge in [-0.3, -0.25) is 4.79 Å². The summed E-state index contributed by atoms with van der Waals surface area (Å²) in [6.07, 6.45) is 3.23. The Kier molecular flexibility index (Phi) is 6.04. The second kappa shape index (κ2) is 8.01. The minimum absolute atomic E-state index is 0.181. The molecule has 23 heavy (non-hydrogen) atoms. The average molecular weight is 423 g/mol. The van der Waals surface area contributed by atoms with Gasteiger partial charge in [0.1, 0.15) is 0 Å². The van der Waals surface area contributed by atoms with E-state index in [-0.39, 0.29) is 5.91 Å². The fourth-order valence-electron chi connectivity index (χ4n) is 1.98. The molecule has 0 saturated carbocycles. The highest BCUT2D eigenvalue weighted by molar-refractivity contribution is 14.1. The number of ether oxygens (including phenoxy) is 2. The van der Waals surface area contributed by atoms with E-state index in [1.807, 2.05) is 37.3 Å². The lowest BCUT2D eigenvalue weighted by molar-refractivity contribution is -0.111. The molecule has 0 aromatic heterocycles. The number of carbonyl (C=O) groups is 1. The van der Waals surface area contributed by atoms with E-state index in [4.69, 9.17) is 9.47 Å². The lowest BCUT2D eigenvalue weighted by Crippen LogP contribution is -2.07. The third-order valence-electron chi connectivity index (χ3n) is 3.27. The Morgan fingerprint density at radius 3 is 2.48 bits per heavy atom. The van der Waals surface area contributed by atoms with E-state index >= 15 is 0 Å². The number of anilines is 1. The van der Waals surface area contributed by atoms with Crippen LogP contribution in [0.3, 0.4) is 0 Å². The largest absolute Gasteiger partial charge is 0.493 e. The predicted molar refractivity (Wildman–Crippen MR) is 101 cm³/mol. The number of rotatable bonds is 5. The van der Waals surface area contributed by atoms with Crippen molar-refractivity contribution in [2.75, 3.05) is 19.5 Å². The summed E-state index contributed by atoms with van der Waals surface area (Å²) in [7, 11) is 3.17. The van der Waals surface area contributed by atoms with Crippen LogP contribution in [0.5, 0.6) is 11.5 Å². The van der Waals surface area contributed by atoms with Crippen molar-refractivity contribution >= 4 is 40.3 Å². The third kappa shape index (κ3) is 4.72. The van der Waals surface area contributed by atoms with Crippen LogP contribution in [0.4, 0.5) is 5.69 Å². The monoisotopic (exact) mass is 423 g/mol.